The Bertz CT molecular complexity index is 708. The van der Waals surface area contributed by atoms with Gasteiger partial charge in [0.25, 0.3) is 15.9 Å². The van der Waals surface area contributed by atoms with E-state index >= 15 is 0 Å². The summed E-state index contributed by atoms with van der Waals surface area (Å²) in [5.74, 6) is -0.726. The first-order chi connectivity index (χ1) is 8.90. The van der Waals surface area contributed by atoms with Crippen molar-refractivity contribution in [2.45, 2.75) is 11.8 Å². The summed E-state index contributed by atoms with van der Waals surface area (Å²) in [5.41, 5.74) is 5.88. The number of anilines is 1. The molecule has 0 saturated carbocycles. The summed E-state index contributed by atoms with van der Waals surface area (Å²) < 4.78 is 25.9. The van der Waals surface area contributed by atoms with E-state index in [9.17, 15) is 13.2 Å². The SMILES string of the molecule is Cc1nc(N)sc1C(=O)NS(=O)(=O)c1ccccc1. The van der Waals surface area contributed by atoms with Crippen LogP contribution in [-0.4, -0.2) is 19.3 Å². The standard InChI is InChI=1S/C11H11N3O3S2/c1-7-9(18-11(12)13-7)10(15)14-19(16,17)8-5-3-2-4-6-8/h2-6H,1H3,(H2,12,13)(H,14,15). The summed E-state index contributed by atoms with van der Waals surface area (Å²) in [6, 6.07) is 7.66. The third-order valence-electron chi connectivity index (χ3n) is 2.30. The molecule has 0 aliphatic heterocycles. The van der Waals surface area contributed by atoms with Crippen molar-refractivity contribution in [1.29, 1.82) is 0 Å². The molecule has 1 aromatic heterocycles. The normalized spacial score (nSPS) is 11.2. The maximum absolute atomic E-state index is 12.0. The van der Waals surface area contributed by atoms with Gasteiger partial charge in [-0.15, -0.1) is 0 Å². The first kappa shape index (κ1) is 13.5. The van der Waals surface area contributed by atoms with Crippen LogP contribution in [-0.2, 0) is 10.0 Å². The van der Waals surface area contributed by atoms with E-state index in [2.05, 4.69) is 4.98 Å². The maximum Gasteiger partial charge on any atom is 0.277 e. The fourth-order valence-corrected chi connectivity index (χ4v) is 3.23. The van der Waals surface area contributed by atoms with Crippen LogP contribution in [0.5, 0.6) is 0 Å². The lowest BCUT2D eigenvalue weighted by Gasteiger charge is -2.05. The summed E-state index contributed by atoms with van der Waals surface area (Å²) in [6.45, 7) is 1.59. The highest BCUT2D eigenvalue weighted by molar-refractivity contribution is 7.90. The van der Waals surface area contributed by atoms with E-state index < -0.39 is 15.9 Å². The molecule has 0 spiro atoms. The van der Waals surface area contributed by atoms with Crippen molar-refractivity contribution in [2.24, 2.45) is 0 Å². The molecule has 100 valence electrons. The van der Waals surface area contributed by atoms with Gasteiger partial charge in [-0.2, -0.15) is 0 Å². The molecule has 2 rings (SSSR count). The second-order valence-corrected chi connectivity index (χ2v) is 6.43. The van der Waals surface area contributed by atoms with Crippen LogP contribution in [0.25, 0.3) is 0 Å². The van der Waals surface area contributed by atoms with Crippen molar-refractivity contribution < 1.29 is 13.2 Å². The molecule has 1 amide bonds. The Balaban J connectivity index is 2.27. The topological polar surface area (TPSA) is 102 Å². The third-order valence-corrected chi connectivity index (χ3v) is 4.63. The molecule has 0 atom stereocenters. The van der Waals surface area contributed by atoms with Crippen molar-refractivity contribution in [2.75, 3.05) is 5.73 Å². The Morgan fingerprint density at radius 3 is 2.47 bits per heavy atom. The zero-order chi connectivity index (χ0) is 14.0. The number of sulfonamides is 1. The second kappa shape index (κ2) is 4.98. The zero-order valence-electron chi connectivity index (χ0n) is 9.95. The van der Waals surface area contributed by atoms with Gasteiger partial charge in [0, 0.05) is 0 Å². The molecule has 1 aromatic carbocycles. The Kier molecular flexibility index (Phi) is 3.54. The number of nitrogen functional groups attached to an aromatic ring is 1. The van der Waals surface area contributed by atoms with E-state index in [1.807, 2.05) is 4.72 Å². The Morgan fingerprint density at radius 1 is 1.32 bits per heavy atom. The summed E-state index contributed by atoms with van der Waals surface area (Å²) in [7, 11) is -3.88. The Labute approximate surface area is 114 Å². The molecule has 0 aliphatic rings. The number of rotatable bonds is 3. The van der Waals surface area contributed by atoms with Gasteiger partial charge in [0.1, 0.15) is 4.88 Å². The number of carbonyl (C=O) groups is 1. The minimum absolute atomic E-state index is 0.0264. The molecule has 0 fully saturated rings. The molecular formula is C11H11N3O3S2. The average molecular weight is 297 g/mol. The van der Waals surface area contributed by atoms with Crippen LogP contribution in [0.2, 0.25) is 0 Å². The molecule has 8 heteroatoms. The fourth-order valence-electron chi connectivity index (χ4n) is 1.45. The van der Waals surface area contributed by atoms with Crippen LogP contribution >= 0.6 is 11.3 Å². The summed E-state index contributed by atoms with van der Waals surface area (Å²) in [4.78, 5) is 16.0. The Morgan fingerprint density at radius 2 is 1.95 bits per heavy atom. The number of benzene rings is 1. The lowest BCUT2D eigenvalue weighted by atomic mass is 10.4. The van der Waals surface area contributed by atoms with E-state index in [1.54, 1.807) is 25.1 Å². The highest BCUT2D eigenvalue weighted by Gasteiger charge is 2.21. The largest absolute Gasteiger partial charge is 0.375 e. The quantitative estimate of drug-likeness (QED) is 0.884. The third kappa shape index (κ3) is 2.91. The molecule has 0 unspecified atom stereocenters. The first-order valence-corrected chi connectivity index (χ1v) is 7.55. The maximum atomic E-state index is 12.0. The molecule has 0 saturated heterocycles. The van der Waals surface area contributed by atoms with E-state index in [0.29, 0.717) is 5.69 Å². The summed E-state index contributed by atoms with van der Waals surface area (Å²) in [5, 5.41) is 0.222. The second-order valence-electron chi connectivity index (χ2n) is 3.71. The number of carbonyl (C=O) groups excluding carboxylic acids is 1. The lowest BCUT2D eigenvalue weighted by molar-refractivity contribution is 0.0984. The van der Waals surface area contributed by atoms with E-state index in [0.717, 1.165) is 11.3 Å². The highest BCUT2D eigenvalue weighted by atomic mass is 32.2. The van der Waals surface area contributed by atoms with Crippen LogP contribution in [0.3, 0.4) is 0 Å². The molecule has 0 radical (unpaired) electrons. The number of nitrogens with two attached hydrogens (primary N) is 1. The van der Waals surface area contributed by atoms with Crippen LogP contribution < -0.4 is 10.5 Å². The van der Waals surface area contributed by atoms with Gasteiger partial charge < -0.3 is 5.73 Å². The number of thiazole rings is 1. The number of aryl methyl sites for hydroxylation is 1. The molecule has 1 heterocycles. The molecule has 0 aliphatic carbocycles. The molecule has 6 nitrogen and oxygen atoms in total. The van der Waals surface area contributed by atoms with Gasteiger partial charge in [0.15, 0.2) is 5.13 Å². The number of nitrogens with zero attached hydrogens (tertiary/aromatic N) is 1. The molecular weight excluding hydrogens is 286 g/mol. The van der Waals surface area contributed by atoms with Crippen LogP contribution in [0.15, 0.2) is 35.2 Å². The molecule has 2 aromatic rings. The van der Waals surface area contributed by atoms with Gasteiger partial charge >= 0.3 is 0 Å². The monoisotopic (exact) mass is 297 g/mol. The van der Waals surface area contributed by atoms with E-state index in [1.165, 1.54) is 12.1 Å². The predicted octanol–water partition coefficient (Wildman–Crippen LogP) is 1.15. The van der Waals surface area contributed by atoms with E-state index in [-0.39, 0.29) is 14.9 Å². The fraction of sp³-hybridized carbons (Fsp3) is 0.0909. The van der Waals surface area contributed by atoms with Crippen molar-refractivity contribution >= 4 is 32.4 Å². The van der Waals surface area contributed by atoms with E-state index in [4.69, 9.17) is 5.73 Å². The molecule has 0 bridgehead atoms. The Hall–Kier alpha value is -1.93. The van der Waals surface area contributed by atoms with Crippen molar-refractivity contribution in [3.8, 4) is 0 Å². The summed E-state index contributed by atoms with van der Waals surface area (Å²) >= 11 is 0.949. The van der Waals surface area contributed by atoms with Gasteiger partial charge in [0.2, 0.25) is 0 Å². The number of aromatic nitrogens is 1. The molecule has 3 N–H and O–H groups in total. The minimum Gasteiger partial charge on any atom is -0.375 e. The van der Waals surface area contributed by atoms with Crippen molar-refractivity contribution in [1.82, 2.24) is 9.71 Å². The van der Waals surface area contributed by atoms with Gasteiger partial charge in [0.05, 0.1) is 10.6 Å². The zero-order valence-corrected chi connectivity index (χ0v) is 11.6. The minimum atomic E-state index is -3.88. The van der Waals surface area contributed by atoms with Crippen molar-refractivity contribution in [3.05, 3.63) is 40.9 Å². The number of amides is 1. The predicted molar refractivity (Wildman–Crippen MR) is 72.4 cm³/mol. The van der Waals surface area contributed by atoms with Gasteiger partial charge in [-0.25, -0.2) is 18.1 Å². The number of hydrogen-bond donors (Lipinski definition) is 2. The average Bonchev–Trinajstić information content (AvgIpc) is 2.69. The van der Waals surface area contributed by atoms with Crippen molar-refractivity contribution in [3.63, 3.8) is 0 Å². The highest BCUT2D eigenvalue weighted by Crippen LogP contribution is 2.20. The smallest absolute Gasteiger partial charge is 0.277 e. The van der Waals surface area contributed by atoms with Crippen LogP contribution in [0, 0.1) is 6.92 Å². The van der Waals surface area contributed by atoms with Crippen LogP contribution in [0.1, 0.15) is 15.4 Å². The first-order valence-electron chi connectivity index (χ1n) is 5.25. The van der Waals surface area contributed by atoms with Gasteiger partial charge in [-0.1, -0.05) is 29.5 Å². The number of nitrogens with one attached hydrogen (secondary N) is 1. The van der Waals surface area contributed by atoms with Crippen LogP contribution in [0.4, 0.5) is 5.13 Å². The van der Waals surface area contributed by atoms with Gasteiger partial charge in [-0.3, -0.25) is 4.79 Å². The lowest BCUT2D eigenvalue weighted by Crippen LogP contribution is -2.30. The van der Waals surface area contributed by atoms with Gasteiger partial charge in [-0.05, 0) is 19.1 Å². The molecule has 19 heavy (non-hydrogen) atoms. The number of hydrogen-bond acceptors (Lipinski definition) is 6. The summed E-state index contributed by atoms with van der Waals surface area (Å²) in [6.07, 6.45) is 0.